The first-order chi connectivity index (χ1) is 5.66. The van der Waals surface area contributed by atoms with Crippen LogP contribution in [0.5, 0.6) is 5.75 Å². The van der Waals surface area contributed by atoms with E-state index in [2.05, 4.69) is 0 Å². The lowest BCUT2D eigenvalue weighted by Crippen LogP contribution is -1.89. The topological polar surface area (TPSA) is 63.4 Å². The molecule has 0 aliphatic rings. The Labute approximate surface area is 73.4 Å². The molecule has 5 heteroatoms. The van der Waals surface area contributed by atoms with E-state index in [-0.39, 0.29) is 11.4 Å². The van der Waals surface area contributed by atoms with Gasteiger partial charge in [-0.05, 0) is 12.3 Å². The summed E-state index contributed by atoms with van der Waals surface area (Å²) in [4.78, 5) is 10.2. The maximum Gasteiger partial charge on any atom is 0.286 e. The minimum absolute atomic E-state index is 0.0447. The van der Waals surface area contributed by atoms with Crippen molar-refractivity contribution in [3.63, 3.8) is 0 Å². The van der Waals surface area contributed by atoms with Crippen LogP contribution >= 0.6 is 11.8 Å². The molecule has 0 heterocycles. The number of thioether (sulfide) groups is 1. The van der Waals surface area contributed by atoms with E-state index < -0.39 is 4.92 Å². The van der Waals surface area contributed by atoms with Gasteiger partial charge in [-0.1, -0.05) is 6.07 Å². The molecule has 1 N–H and O–H groups in total. The predicted molar refractivity (Wildman–Crippen MR) is 46.5 cm³/mol. The molecule has 0 saturated carbocycles. The quantitative estimate of drug-likeness (QED) is 0.435. The average molecular weight is 185 g/mol. The number of nitro groups is 1. The Hall–Kier alpha value is -1.23. The van der Waals surface area contributed by atoms with Crippen LogP contribution in [0.15, 0.2) is 23.1 Å². The van der Waals surface area contributed by atoms with Crippen LogP contribution in [0.4, 0.5) is 5.69 Å². The summed E-state index contributed by atoms with van der Waals surface area (Å²) >= 11 is 1.16. The highest BCUT2D eigenvalue weighted by Gasteiger charge is 2.15. The van der Waals surface area contributed by atoms with Gasteiger partial charge in [0.1, 0.15) is 10.6 Å². The lowest BCUT2D eigenvalue weighted by Gasteiger charge is -2.00. The molecule has 0 radical (unpaired) electrons. The van der Waals surface area contributed by atoms with Crippen LogP contribution in [0, 0.1) is 10.1 Å². The first-order valence-electron chi connectivity index (χ1n) is 3.17. The monoisotopic (exact) mass is 185 g/mol. The van der Waals surface area contributed by atoms with Crippen LogP contribution in [0.2, 0.25) is 0 Å². The maximum atomic E-state index is 10.4. The molecular weight excluding hydrogens is 178 g/mol. The number of phenols is 1. The van der Waals surface area contributed by atoms with Gasteiger partial charge < -0.3 is 5.11 Å². The Bertz CT molecular complexity index is 314. The van der Waals surface area contributed by atoms with Gasteiger partial charge in [0, 0.05) is 6.07 Å². The minimum Gasteiger partial charge on any atom is -0.507 e. The zero-order valence-electron chi connectivity index (χ0n) is 6.35. The predicted octanol–water partition coefficient (Wildman–Crippen LogP) is 2.02. The van der Waals surface area contributed by atoms with E-state index in [1.807, 2.05) is 0 Å². The molecule has 0 saturated heterocycles. The van der Waals surface area contributed by atoms with E-state index in [1.165, 1.54) is 18.2 Å². The lowest BCUT2D eigenvalue weighted by molar-refractivity contribution is -0.387. The van der Waals surface area contributed by atoms with Gasteiger partial charge in [0.05, 0.1) is 4.92 Å². The molecule has 0 aromatic heterocycles. The van der Waals surface area contributed by atoms with Crippen molar-refractivity contribution in [2.24, 2.45) is 0 Å². The summed E-state index contributed by atoms with van der Waals surface area (Å²) in [6.45, 7) is 0. The van der Waals surface area contributed by atoms with Gasteiger partial charge >= 0.3 is 0 Å². The third-order valence-corrected chi connectivity index (χ3v) is 2.20. The Kier molecular flexibility index (Phi) is 2.54. The number of nitrogens with zero attached hydrogens (tertiary/aromatic N) is 1. The largest absolute Gasteiger partial charge is 0.507 e. The van der Waals surface area contributed by atoms with Gasteiger partial charge in [-0.25, -0.2) is 0 Å². The van der Waals surface area contributed by atoms with Crippen molar-refractivity contribution >= 4 is 17.4 Å². The number of nitro benzene ring substituents is 1. The Morgan fingerprint density at radius 2 is 2.25 bits per heavy atom. The zero-order chi connectivity index (χ0) is 9.14. The third-order valence-electron chi connectivity index (χ3n) is 1.37. The van der Waals surface area contributed by atoms with Crippen molar-refractivity contribution in [3.05, 3.63) is 28.3 Å². The van der Waals surface area contributed by atoms with Gasteiger partial charge in [0.15, 0.2) is 0 Å². The molecule has 0 aliphatic heterocycles. The summed E-state index contributed by atoms with van der Waals surface area (Å²) < 4.78 is 0. The lowest BCUT2D eigenvalue weighted by atomic mass is 10.3. The van der Waals surface area contributed by atoms with Crippen molar-refractivity contribution in [1.82, 2.24) is 0 Å². The molecular formula is C7H7NO3S. The SMILES string of the molecule is CSc1c(O)cccc1[N+](=O)[O-]. The average Bonchev–Trinajstić information content (AvgIpc) is 2.03. The summed E-state index contributed by atoms with van der Waals surface area (Å²) in [6, 6.07) is 4.25. The van der Waals surface area contributed by atoms with Crippen LogP contribution < -0.4 is 0 Å². The summed E-state index contributed by atoms with van der Waals surface area (Å²) in [5.74, 6) is -0.0447. The van der Waals surface area contributed by atoms with E-state index in [1.54, 1.807) is 6.26 Å². The van der Waals surface area contributed by atoms with Crippen LogP contribution in [0.3, 0.4) is 0 Å². The molecule has 0 fully saturated rings. The number of phenolic OH excluding ortho intramolecular Hbond substituents is 1. The van der Waals surface area contributed by atoms with Gasteiger partial charge in [-0.3, -0.25) is 10.1 Å². The summed E-state index contributed by atoms with van der Waals surface area (Å²) in [7, 11) is 0. The number of aromatic hydroxyl groups is 1. The highest BCUT2D eigenvalue weighted by molar-refractivity contribution is 7.98. The fourth-order valence-corrected chi connectivity index (χ4v) is 1.49. The van der Waals surface area contributed by atoms with E-state index in [4.69, 9.17) is 0 Å². The normalized spacial score (nSPS) is 9.75. The van der Waals surface area contributed by atoms with Gasteiger partial charge in [-0.2, -0.15) is 0 Å². The third kappa shape index (κ3) is 1.50. The number of hydrogen-bond acceptors (Lipinski definition) is 4. The highest BCUT2D eigenvalue weighted by Crippen LogP contribution is 2.34. The Morgan fingerprint density at radius 1 is 1.58 bits per heavy atom. The Balaban J connectivity index is 3.27. The molecule has 0 atom stereocenters. The Morgan fingerprint density at radius 3 is 2.67 bits per heavy atom. The molecule has 0 spiro atoms. The van der Waals surface area contributed by atoms with E-state index in [9.17, 15) is 15.2 Å². The zero-order valence-corrected chi connectivity index (χ0v) is 7.17. The molecule has 1 aromatic rings. The molecule has 0 aliphatic carbocycles. The van der Waals surface area contributed by atoms with Gasteiger partial charge in [0.25, 0.3) is 5.69 Å². The van der Waals surface area contributed by atoms with E-state index in [0.29, 0.717) is 4.90 Å². The second-order valence-corrected chi connectivity index (χ2v) is 2.90. The van der Waals surface area contributed by atoms with Crippen LogP contribution in [-0.4, -0.2) is 16.3 Å². The highest BCUT2D eigenvalue weighted by atomic mass is 32.2. The molecule has 4 nitrogen and oxygen atoms in total. The molecule has 0 unspecified atom stereocenters. The molecule has 12 heavy (non-hydrogen) atoms. The first kappa shape index (κ1) is 8.86. The van der Waals surface area contributed by atoms with Crippen molar-refractivity contribution < 1.29 is 10.0 Å². The molecule has 0 amide bonds. The van der Waals surface area contributed by atoms with Crippen LogP contribution in [0.1, 0.15) is 0 Å². The fourth-order valence-electron chi connectivity index (χ4n) is 0.866. The van der Waals surface area contributed by atoms with Crippen molar-refractivity contribution in [1.29, 1.82) is 0 Å². The number of benzene rings is 1. The second-order valence-electron chi connectivity index (χ2n) is 2.09. The molecule has 1 rings (SSSR count). The maximum absolute atomic E-state index is 10.4. The van der Waals surface area contributed by atoms with E-state index in [0.717, 1.165) is 11.8 Å². The first-order valence-corrected chi connectivity index (χ1v) is 4.39. The van der Waals surface area contributed by atoms with Gasteiger partial charge in [-0.15, -0.1) is 11.8 Å². The van der Waals surface area contributed by atoms with Crippen molar-refractivity contribution in [2.75, 3.05) is 6.26 Å². The smallest absolute Gasteiger partial charge is 0.286 e. The second kappa shape index (κ2) is 3.44. The molecule has 64 valence electrons. The van der Waals surface area contributed by atoms with E-state index >= 15 is 0 Å². The van der Waals surface area contributed by atoms with Crippen LogP contribution in [0.25, 0.3) is 0 Å². The van der Waals surface area contributed by atoms with Crippen molar-refractivity contribution in [2.45, 2.75) is 4.90 Å². The van der Waals surface area contributed by atoms with Crippen LogP contribution in [-0.2, 0) is 0 Å². The summed E-state index contributed by atoms with van der Waals surface area (Å²) in [5.41, 5.74) is -0.0532. The summed E-state index contributed by atoms with van der Waals surface area (Å²) in [5, 5.41) is 19.6. The van der Waals surface area contributed by atoms with Crippen molar-refractivity contribution in [3.8, 4) is 5.75 Å². The number of hydrogen-bond donors (Lipinski definition) is 1. The summed E-state index contributed by atoms with van der Waals surface area (Å²) in [6.07, 6.45) is 1.68. The standard InChI is InChI=1S/C7H7NO3S/c1-12-7-5(8(10)11)3-2-4-6(7)9/h2-4,9H,1H3. The molecule has 0 bridgehead atoms. The number of rotatable bonds is 2. The minimum atomic E-state index is -0.508. The fraction of sp³-hybridized carbons (Fsp3) is 0.143. The molecule has 1 aromatic carbocycles. The van der Waals surface area contributed by atoms with Gasteiger partial charge in [0.2, 0.25) is 0 Å².